The molecule has 14 heavy (non-hydrogen) atoms. The Kier molecular flexibility index (Phi) is 5.65. The molecular weight excluding hydrogens is 196 g/mol. The van der Waals surface area contributed by atoms with Crippen LogP contribution in [0.1, 0.15) is 0 Å². The van der Waals surface area contributed by atoms with Crippen molar-refractivity contribution in [3.8, 4) is 0 Å². The van der Waals surface area contributed by atoms with Gasteiger partial charge in [-0.05, 0) is 13.2 Å². The molecule has 2 radical (unpaired) electrons. The summed E-state index contributed by atoms with van der Waals surface area (Å²) in [5.41, 5.74) is 0. The topological polar surface area (TPSA) is 24.9 Å². The van der Waals surface area contributed by atoms with Gasteiger partial charge in [0.25, 0.3) is 0 Å². The van der Waals surface area contributed by atoms with Gasteiger partial charge in [-0.25, -0.2) is 0 Å². The number of ether oxygens (including phenoxy) is 2. The molecule has 1 heterocycles. The Morgan fingerprint density at radius 2 is 1.71 bits per heavy atom. The number of piperazine rings is 1. The van der Waals surface area contributed by atoms with E-state index in [4.69, 9.17) is 9.47 Å². The second-order valence-corrected chi connectivity index (χ2v) is 4.78. The van der Waals surface area contributed by atoms with Crippen molar-refractivity contribution >= 4 is 9.52 Å². The van der Waals surface area contributed by atoms with Crippen LogP contribution in [0.25, 0.3) is 0 Å². The van der Waals surface area contributed by atoms with E-state index in [-0.39, 0.29) is 5.91 Å². The molecule has 4 nitrogen and oxygen atoms in total. The van der Waals surface area contributed by atoms with E-state index < -0.39 is 0 Å². The fraction of sp³-hybridized carbons (Fsp3) is 1.00. The van der Waals surface area contributed by atoms with E-state index in [1.165, 1.54) is 26.2 Å². The number of methoxy groups -OCH3 is 2. The number of rotatable bonds is 5. The number of nitrogens with zero attached hydrogens (tertiary/aromatic N) is 2. The molecule has 0 spiro atoms. The van der Waals surface area contributed by atoms with Gasteiger partial charge < -0.3 is 19.3 Å². The summed E-state index contributed by atoms with van der Waals surface area (Å²) in [5, 5.41) is 0. The summed E-state index contributed by atoms with van der Waals surface area (Å²) < 4.78 is 10.3. The minimum absolute atomic E-state index is 0.0188. The monoisotopic (exact) mass is 216 g/mol. The molecule has 0 amide bonds. The lowest BCUT2D eigenvalue weighted by Gasteiger charge is -2.32. The van der Waals surface area contributed by atoms with Crippen molar-refractivity contribution < 1.29 is 9.47 Å². The minimum atomic E-state index is -0.0188. The van der Waals surface area contributed by atoms with Gasteiger partial charge in [0, 0.05) is 40.4 Å². The molecule has 1 aliphatic rings. The van der Waals surface area contributed by atoms with Gasteiger partial charge in [0.05, 0.1) is 0 Å². The van der Waals surface area contributed by atoms with Gasteiger partial charge in [0.2, 0.25) is 0 Å². The molecule has 1 rings (SSSR count). The van der Waals surface area contributed by atoms with Gasteiger partial charge in [0.15, 0.2) is 0 Å². The van der Waals surface area contributed by atoms with Crippen molar-refractivity contribution in [3.05, 3.63) is 0 Å². The molecule has 1 fully saturated rings. The summed E-state index contributed by atoms with van der Waals surface area (Å²) >= 11 is 0. The molecule has 0 atom stereocenters. The molecule has 0 bridgehead atoms. The summed E-state index contributed by atoms with van der Waals surface area (Å²) in [7, 11) is 6.28. The van der Waals surface area contributed by atoms with E-state index in [2.05, 4.69) is 16.8 Å². The highest BCUT2D eigenvalue weighted by Gasteiger charge is 2.15. The smallest absolute Gasteiger partial charge is 0.137 e. The summed E-state index contributed by atoms with van der Waals surface area (Å²) in [5.74, 6) is -0.0188. The number of hydrogen-bond donors (Lipinski definition) is 0. The fourth-order valence-corrected chi connectivity index (χ4v) is 2.53. The SMILES string of the molecule is COC(OC)[Si]CN1CCN(C)CC1. The third kappa shape index (κ3) is 4.06. The van der Waals surface area contributed by atoms with Crippen LogP contribution in [0.5, 0.6) is 0 Å². The Labute approximate surface area is 89.0 Å². The van der Waals surface area contributed by atoms with E-state index in [1.54, 1.807) is 14.2 Å². The second-order valence-electron chi connectivity index (χ2n) is 3.59. The fourth-order valence-electron chi connectivity index (χ4n) is 1.47. The van der Waals surface area contributed by atoms with Crippen LogP contribution in [-0.2, 0) is 9.47 Å². The molecule has 5 heteroatoms. The van der Waals surface area contributed by atoms with Gasteiger partial charge in [-0.3, -0.25) is 0 Å². The highest BCUT2D eigenvalue weighted by molar-refractivity contribution is 6.36. The van der Waals surface area contributed by atoms with E-state index >= 15 is 0 Å². The minimum Gasteiger partial charge on any atom is -0.360 e. The van der Waals surface area contributed by atoms with E-state index in [9.17, 15) is 0 Å². The molecular formula is C9H20N2O2Si. The zero-order valence-corrected chi connectivity index (χ0v) is 10.3. The normalized spacial score (nSPS) is 20.6. The zero-order valence-electron chi connectivity index (χ0n) is 9.32. The first kappa shape index (κ1) is 12.1. The first-order chi connectivity index (χ1) is 6.76. The van der Waals surface area contributed by atoms with Crippen molar-refractivity contribution in [2.45, 2.75) is 5.91 Å². The second kappa shape index (κ2) is 6.52. The molecule has 0 aromatic heterocycles. The van der Waals surface area contributed by atoms with Crippen LogP contribution in [0.2, 0.25) is 0 Å². The highest BCUT2D eigenvalue weighted by atomic mass is 28.2. The third-order valence-corrected chi connectivity index (χ3v) is 3.94. The lowest BCUT2D eigenvalue weighted by Crippen LogP contribution is -2.47. The number of likely N-dealkylation sites (N-methyl/N-ethyl adjacent to an activating group) is 1. The first-order valence-electron chi connectivity index (χ1n) is 4.96. The van der Waals surface area contributed by atoms with Crippen LogP contribution >= 0.6 is 0 Å². The van der Waals surface area contributed by atoms with Crippen LogP contribution in [0.15, 0.2) is 0 Å². The van der Waals surface area contributed by atoms with Gasteiger partial charge in [-0.1, -0.05) is 0 Å². The zero-order chi connectivity index (χ0) is 10.4. The summed E-state index contributed by atoms with van der Waals surface area (Å²) in [6.45, 7) is 4.69. The van der Waals surface area contributed by atoms with Crippen LogP contribution in [0, 0.1) is 0 Å². The average Bonchev–Trinajstić information content (AvgIpc) is 2.22. The Bertz CT molecular complexity index is 148. The molecule has 0 aromatic carbocycles. The Balaban J connectivity index is 2.12. The molecule has 0 N–H and O–H groups in total. The Morgan fingerprint density at radius 3 is 2.21 bits per heavy atom. The van der Waals surface area contributed by atoms with Crippen molar-refractivity contribution in [3.63, 3.8) is 0 Å². The molecule has 0 aromatic rings. The molecule has 1 aliphatic heterocycles. The van der Waals surface area contributed by atoms with Crippen molar-refractivity contribution in [1.82, 2.24) is 9.80 Å². The maximum absolute atomic E-state index is 5.16. The third-order valence-electron chi connectivity index (χ3n) is 2.51. The predicted octanol–water partition coefficient (Wildman–Crippen LogP) is -0.528. The predicted molar refractivity (Wildman–Crippen MR) is 57.5 cm³/mol. The summed E-state index contributed by atoms with van der Waals surface area (Å²) in [4.78, 5) is 4.84. The van der Waals surface area contributed by atoms with Crippen LogP contribution in [0.4, 0.5) is 0 Å². The van der Waals surface area contributed by atoms with Gasteiger partial charge in [-0.2, -0.15) is 0 Å². The van der Waals surface area contributed by atoms with Crippen molar-refractivity contribution in [2.24, 2.45) is 0 Å². The number of hydrogen-bond acceptors (Lipinski definition) is 4. The summed E-state index contributed by atoms with van der Waals surface area (Å²) in [6, 6.07) is 0. The first-order valence-corrected chi connectivity index (χ1v) is 6.24. The maximum atomic E-state index is 5.16. The van der Waals surface area contributed by atoms with Crippen molar-refractivity contribution in [2.75, 3.05) is 53.6 Å². The Hall–Kier alpha value is 0.0569. The van der Waals surface area contributed by atoms with Gasteiger partial charge in [0.1, 0.15) is 15.4 Å². The molecule has 0 saturated carbocycles. The molecule has 1 saturated heterocycles. The molecule has 0 aliphatic carbocycles. The van der Waals surface area contributed by atoms with E-state index in [0.717, 1.165) is 6.17 Å². The van der Waals surface area contributed by atoms with Gasteiger partial charge in [-0.15, -0.1) is 0 Å². The lowest BCUT2D eigenvalue weighted by atomic mass is 10.4. The van der Waals surface area contributed by atoms with Gasteiger partial charge >= 0.3 is 0 Å². The lowest BCUT2D eigenvalue weighted by molar-refractivity contribution is -0.0451. The largest absolute Gasteiger partial charge is 0.360 e. The molecule has 82 valence electrons. The van der Waals surface area contributed by atoms with Crippen molar-refractivity contribution in [1.29, 1.82) is 0 Å². The van der Waals surface area contributed by atoms with Crippen LogP contribution < -0.4 is 0 Å². The standard InChI is InChI=1S/C9H20N2O2Si/c1-10-4-6-11(7-5-10)8-14-9(12-2)13-3/h9H,4-8H2,1-3H3. The van der Waals surface area contributed by atoms with E-state index in [0.29, 0.717) is 9.52 Å². The highest BCUT2D eigenvalue weighted by Crippen LogP contribution is 1.99. The van der Waals surface area contributed by atoms with Crippen LogP contribution in [-0.4, -0.2) is 78.8 Å². The maximum Gasteiger partial charge on any atom is 0.137 e. The van der Waals surface area contributed by atoms with Crippen LogP contribution in [0.3, 0.4) is 0 Å². The summed E-state index contributed by atoms with van der Waals surface area (Å²) in [6.07, 6.45) is 1.10. The van der Waals surface area contributed by atoms with E-state index in [1.807, 2.05) is 0 Å². The quantitative estimate of drug-likeness (QED) is 0.456. The molecule has 0 unspecified atom stereocenters. The average molecular weight is 216 g/mol. The Morgan fingerprint density at radius 1 is 1.14 bits per heavy atom.